The summed E-state index contributed by atoms with van der Waals surface area (Å²) in [6.45, 7) is 2.20. The van der Waals surface area contributed by atoms with Gasteiger partial charge in [0.15, 0.2) is 11.6 Å². The molecule has 1 aromatic carbocycles. The lowest BCUT2D eigenvalue weighted by Gasteiger charge is -2.27. The monoisotopic (exact) mass is 435 g/mol. The van der Waals surface area contributed by atoms with Gasteiger partial charge in [0.1, 0.15) is 11.5 Å². The summed E-state index contributed by atoms with van der Waals surface area (Å²) in [4.78, 5) is 9.92. The summed E-state index contributed by atoms with van der Waals surface area (Å²) in [5.41, 5.74) is 3.48. The van der Waals surface area contributed by atoms with Crippen molar-refractivity contribution in [1.29, 1.82) is 0 Å². The molecular weight excluding hydrogens is 420 g/mol. The van der Waals surface area contributed by atoms with E-state index in [9.17, 15) is 4.39 Å². The minimum Gasteiger partial charge on any atom is -0.455 e. The van der Waals surface area contributed by atoms with Crippen molar-refractivity contribution in [2.24, 2.45) is 5.10 Å². The Morgan fingerprint density at radius 1 is 1.14 bits per heavy atom. The van der Waals surface area contributed by atoms with Crippen LogP contribution in [0.1, 0.15) is 5.76 Å². The summed E-state index contributed by atoms with van der Waals surface area (Å²) in [5.74, 6) is 1.05. The zero-order chi connectivity index (χ0) is 20.2. The summed E-state index contributed by atoms with van der Waals surface area (Å²) in [7, 11) is 0. The maximum Gasteiger partial charge on any atom is 0.245 e. The average molecular weight is 436 g/mol. The SMILES string of the molecule is Fc1cnc(N/N=C/c2ccc(-c3ccc(Cl)c(Cl)c3)o2)nc1N1CCOCC1. The third-order valence-corrected chi connectivity index (χ3v) is 4.96. The lowest BCUT2D eigenvalue weighted by molar-refractivity contribution is 0.122. The van der Waals surface area contributed by atoms with Gasteiger partial charge in [-0.1, -0.05) is 23.2 Å². The number of halogens is 3. The van der Waals surface area contributed by atoms with E-state index in [1.165, 1.54) is 6.21 Å². The second-order valence-electron chi connectivity index (χ2n) is 6.17. The number of benzene rings is 1. The van der Waals surface area contributed by atoms with Crippen LogP contribution in [0.5, 0.6) is 0 Å². The van der Waals surface area contributed by atoms with E-state index in [1.54, 1.807) is 24.3 Å². The molecule has 0 aliphatic carbocycles. The van der Waals surface area contributed by atoms with Crippen LogP contribution in [-0.4, -0.2) is 42.5 Å². The van der Waals surface area contributed by atoms with E-state index in [0.717, 1.165) is 11.8 Å². The molecule has 2 aromatic heterocycles. The van der Waals surface area contributed by atoms with Crippen molar-refractivity contribution in [1.82, 2.24) is 9.97 Å². The van der Waals surface area contributed by atoms with Crippen LogP contribution in [0.2, 0.25) is 10.0 Å². The van der Waals surface area contributed by atoms with Crippen LogP contribution in [-0.2, 0) is 4.74 Å². The van der Waals surface area contributed by atoms with Crippen molar-refractivity contribution in [2.45, 2.75) is 0 Å². The van der Waals surface area contributed by atoms with Crippen LogP contribution in [0, 0.1) is 5.82 Å². The van der Waals surface area contributed by atoms with Crippen molar-refractivity contribution in [3.8, 4) is 11.3 Å². The molecule has 0 bridgehead atoms. The van der Waals surface area contributed by atoms with E-state index < -0.39 is 5.82 Å². The summed E-state index contributed by atoms with van der Waals surface area (Å²) in [6, 6.07) is 8.79. The first-order valence-electron chi connectivity index (χ1n) is 8.80. The van der Waals surface area contributed by atoms with Crippen LogP contribution in [0.25, 0.3) is 11.3 Å². The van der Waals surface area contributed by atoms with Gasteiger partial charge in [0, 0.05) is 18.7 Å². The summed E-state index contributed by atoms with van der Waals surface area (Å²) in [5, 5.41) is 4.98. The Balaban J connectivity index is 1.44. The normalized spacial score (nSPS) is 14.5. The first kappa shape index (κ1) is 19.6. The number of ether oxygens (including phenoxy) is 1. The van der Waals surface area contributed by atoms with Gasteiger partial charge in [-0.2, -0.15) is 10.1 Å². The number of rotatable bonds is 5. The standard InChI is InChI=1S/C19H16Cl2FN5O2/c20-14-3-1-12(9-15(14)21)17-4-2-13(29-17)10-24-26-19-23-11-16(22)18(25-19)27-5-7-28-8-6-27/h1-4,9-11H,5-8H2,(H,23,25,26)/b24-10+. The van der Waals surface area contributed by atoms with Crippen LogP contribution < -0.4 is 10.3 Å². The molecule has 1 N–H and O–H groups in total. The zero-order valence-electron chi connectivity index (χ0n) is 15.1. The van der Waals surface area contributed by atoms with E-state index in [4.69, 9.17) is 32.4 Å². The number of nitrogens with one attached hydrogen (secondary N) is 1. The molecule has 0 amide bonds. The third-order valence-electron chi connectivity index (χ3n) is 4.22. The number of hydrogen-bond acceptors (Lipinski definition) is 7. The average Bonchev–Trinajstić information content (AvgIpc) is 3.21. The number of furan rings is 1. The molecule has 150 valence electrons. The maximum atomic E-state index is 14.1. The van der Waals surface area contributed by atoms with Gasteiger partial charge in [0.2, 0.25) is 5.95 Å². The summed E-state index contributed by atoms with van der Waals surface area (Å²) >= 11 is 12.0. The van der Waals surface area contributed by atoms with Crippen molar-refractivity contribution < 1.29 is 13.5 Å². The van der Waals surface area contributed by atoms with E-state index in [-0.39, 0.29) is 11.8 Å². The number of hydrogen-bond donors (Lipinski definition) is 1. The number of aromatic nitrogens is 2. The topological polar surface area (TPSA) is 75.8 Å². The molecule has 4 rings (SSSR count). The second kappa shape index (κ2) is 8.77. The number of hydrazone groups is 1. The van der Waals surface area contributed by atoms with Crippen molar-refractivity contribution in [2.75, 3.05) is 36.6 Å². The highest BCUT2D eigenvalue weighted by molar-refractivity contribution is 6.42. The predicted molar refractivity (Wildman–Crippen MR) is 110 cm³/mol. The minimum atomic E-state index is -0.487. The quantitative estimate of drug-likeness (QED) is 0.470. The molecular formula is C19H16Cl2FN5O2. The minimum absolute atomic E-state index is 0.181. The van der Waals surface area contributed by atoms with Gasteiger partial charge in [-0.05, 0) is 30.3 Å². The molecule has 0 saturated carbocycles. The van der Waals surface area contributed by atoms with Crippen LogP contribution in [0.3, 0.4) is 0 Å². The molecule has 29 heavy (non-hydrogen) atoms. The van der Waals surface area contributed by atoms with Crippen LogP contribution in [0.4, 0.5) is 16.2 Å². The Bertz CT molecular complexity index is 1040. The summed E-state index contributed by atoms with van der Waals surface area (Å²) < 4.78 is 25.1. The molecule has 3 aromatic rings. The van der Waals surface area contributed by atoms with E-state index in [0.29, 0.717) is 47.9 Å². The Morgan fingerprint density at radius 2 is 1.97 bits per heavy atom. The van der Waals surface area contributed by atoms with Gasteiger partial charge in [0.05, 0.1) is 35.7 Å². The lowest BCUT2D eigenvalue weighted by atomic mass is 10.2. The molecule has 1 saturated heterocycles. The Morgan fingerprint density at radius 3 is 2.76 bits per heavy atom. The fourth-order valence-electron chi connectivity index (χ4n) is 2.79. The van der Waals surface area contributed by atoms with Gasteiger partial charge in [-0.3, -0.25) is 0 Å². The molecule has 0 radical (unpaired) electrons. The lowest BCUT2D eigenvalue weighted by Crippen LogP contribution is -2.37. The number of morpholine rings is 1. The van der Waals surface area contributed by atoms with Crippen LogP contribution >= 0.6 is 23.2 Å². The smallest absolute Gasteiger partial charge is 0.245 e. The molecule has 1 aliphatic heterocycles. The highest BCUT2D eigenvalue weighted by atomic mass is 35.5. The van der Waals surface area contributed by atoms with E-state index in [2.05, 4.69) is 20.5 Å². The predicted octanol–water partition coefficient (Wildman–Crippen LogP) is 4.47. The first-order valence-corrected chi connectivity index (χ1v) is 9.55. The Hall–Kier alpha value is -2.68. The molecule has 0 unspecified atom stereocenters. The third kappa shape index (κ3) is 4.67. The Labute approximate surface area is 176 Å². The van der Waals surface area contributed by atoms with Gasteiger partial charge < -0.3 is 14.1 Å². The largest absolute Gasteiger partial charge is 0.455 e. The highest BCUT2D eigenvalue weighted by Gasteiger charge is 2.17. The Kier molecular flexibility index (Phi) is 5.94. The number of anilines is 2. The van der Waals surface area contributed by atoms with Crippen molar-refractivity contribution >= 4 is 41.2 Å². The van der Waals surface area contributed by atoms with E-state index in [1.807, 2.05) is 11.0 Å². The second-order valence-corrected chi connectivity index (χ2v) is 6.98. The number of nitrogens with zero attached hydrogens (tertiary/aromatic N) is 4. The molecule has 0 atom stereocenters. The molecule has 7 nitrogen and oxygen atoms in total. The van der Waals surface area contributed by atoms with Crippen molar-refractivity contribution in [3.63, 3.8) is 0 Å². The van der Waals surface area contributed by atoms with Gasteiger partial charge in [-0.15, -0.1) is 0 Å². The molecule has 1 fully saturated rings. The van der Waals surface area contributed by atoms with Gasteiger partial charge >= 0.3 is 0 Å². The first-order chi connectivity index (χ1) is 14.1. The zero-order valence-corrected chi connectivity index (χ0v) is 16.6. The molecule has 10 heteroatoms. The van der Waals surface area contributed by atoms with Gasteiger partial charge in [-0.25, -0.2) is 14.8 Å². The fraction of sp³-hybridized carbons (Fsp3) is 0.211. The van der Waals surface area contributed by atoms with Gasteiger partial charge in [0.25, 0.3) is 0 Å². The molecule has 0 spiro atoms. The van der Waals surface area contributed by atoms with E-state index >= 15 is 0 Å². The molecule has 3 heterocycles. The maximum absolute atomic E-state index is 14.1. The fourth-order valence-corrected chi connectivity index (χ4v) is 3.09. The molecule has 1 aliphatic rings. The summed E-state index contributed by atoms with van der Waals surface area (Å²) in [6.07, 6.45) is 2.59. The van der Waals surface area contributed by atoms with Crippen molar-refractivity contribution in [3.05, 3.63) is 58.2 Å². The highest BCUT2D eigenvalue weighted by Crippen LogP contribution is 2.29. The van der Waals surface area contributed by atoms with Crippen LogP contribution in [0.15, 0.2) is 46.0 Å².